The molecule has 1 rings (SSSR count). The standard InChI is InChI=1S/C10H21BrP/c1-8-9(2,3)7-12(6,11)10(8,4)5/h8H,7H2,1-6H3/q+1. The lowest BCUT2D eigenvalue weighted by Gasteiger charge is -2.30. The lowest BCUT2D eigenvalue weighted by Crippen LogP contribution is -2.30. The minimum atomic E-state index is -0.861. The van der Waals surface area contributed by atoms with E-state index in [0.717, 1.165) is 5.92 Å². The molecule has 0 radical (unpaired) electrons. The summed E-state index contributed by atoms with van der Waals surface area (Å²) < 4.78 is 0. The van der Waals surface area contributed by atoms with E-state index < -0.39 is 5.96 Å². The van der Waals surface area contributed by atoms with Crippen LogP contribution in [0.2, 0.25) is 0 Å². The maximum atomic E-state index is 3.99. The normalized spacial score (nSPS) is 44.8. The minimum Gasteiger partial charge on any atom is -0.0578 e. The summed E-state index contributed by atoms with van der Waals surface area (Å²) in [6.07, 6.45) is 1.38. The third kappa shape index (κ3) is 1.38. The first-order valence-electron chi connectivity index (χ1n) is 4.66. The second-order valence-corrected chi connectivity index (χ2v) is 13.9. The quantitative estimate of drug-likeness (QED) is 0.560. The van der Waals surface area contributed by atoms with Gasteiger partial charge in [0, 0.05) is 11.3 Å². The Morgan fingerprint density at radius 3 is 1.75 bits per heavy atom. The van der Waals surface area contributed by atoms with E-state index in [1.807, 2.05) is 0 Å². The topological polar surface area (TPSA) is 0 Å². The van der Waals surface area contributed by atoms with E-state index >= 15 is 0 Å². The van der Waals surface area contributed by atoms with Crippen LogP contribution in [-0.2, 0) is 0 Å². The molecule has 0 aliphatic carbocycles. The van der Waals surface area contributed by atoms with Gasteiger partial charge in [-0.25, -0.2) is 0 Å². The number of halogens is 1. The van der Waals surface area contributed by atoms with Crippen LogP contribution in [0.5, 0.6) is 0 Å². The van der Waals surface area contributed by atoms with Gasteiger partial charge in [-0.1, -0.05) is 20.8 Å². The van der Waals surface area contributed by atoms with Crippen molar-refractivity contribution in [3.8, 4) is 0 Å². The van der Waals surface area contributed by atoms with Gasteiger partial charge in [0.15, 0.2) is 0 Å². The first-order chi connectivity index (χ1) is 5.11. The van der Waals surface area contributed by atoms with E-state index in [2.05, 4.69) is 56.8 Å². The first-order valence-corrected chi connectivity index (χ1v) is 9.10. The van der Waals surface area contributed by atoms with Crippen LogP contribution in [0.3, 0.4) is 0 Å². The van der Waals surface area contributed by atoms with Gasteiger partial charge in [-0.3, -0.25) is 0 Å². The van der Waals surface area contributed by atoms with Crippen LogP contribution in [0.4, 0.5) is 0 Å². The highest BCUT2D eigenvalue weighted by molar-refractivity contribution is 9.42. The lowest BCUT2D eigenvalue weighted by molar-refractivity contribution is 0.248. The summed E-state index contributed by atoms with van der Waals surface area (Å²) in [5.41, 5.74) is 0.523. The fourth-order valence-electron chi connectivity index (χ4n) is 2.47. The summed E-state index contributed by atoms with van der Waals surface area (Å²) >= 11 is 3.99. The Morgan fingerprint density at radius 2 is 1.67 bits per heavy atom. The average molecular weight is 252 g/mol. The Balaban J connectivity index is 3.05. The van der Waals surface area contributed by atoms with Crippen molar-refractivity contribution in [2.75, 3.05) is 12.8 Å². The second kappa shape index (κ2) is 2.70. The number of hydrogen-bond acceptors (Lipinski definition) is 0. The van der Waals surface area contributed by atoms with Crippen molar-refractivity contribution in [3.63, 3.8) is 0 Å². The highest BCUT2D eigenvalue weighted by atomic mass is 79.9. The zero-order valence-corrected chi connectivity index (χ0v) is 11.6. The molecule has 72 valence electrons. The van der Waals surface area contributed by atoms with E-state index in [0.29, 0.717) is 10.6 Å². The van der Waals surface area contributed by atoms with Gasteiger partial charge in [-0.15, -0.1) is 0 Å². The van der Waals surface area contributed by atoms with E-state index in [1.54, 1.807) is 0 Å². The molecule has 0 N–H and O–H groups in total. The molecule has 0 nitrogen and oxygen atoms in total. The monoisotopic (exact) mass is 251 g/mol. The molecule has 12 heavy (non-hydrogen) atoms. The third-order valence-electron chi connectivity index (χ3n) is 4.14. The SMILES string of the molecule is CC1C(C)(C)C[P+](C)(Br)C1(C)C. The maximum absolute atomic E-state index is 3.99. The summed E-state index contributed by atoms with van der Waals surface area (Å²) in [4.78, 5) is 0. The fourth-order valence-corrected chi connectivity index (χ4v) is 8.70. The van der Waals surface area contributed by atoms with Crippen LogP contribution in [0.25, 0.3) is 0 Å². The molecule has 1 aliphatic rings. The maximum Gasteiger partial charge on any atom is 0.139 e. The zero-order valence-electron chi connectivity index (χ0n) is 9.11. The molecule has 0 aromatic heterocycles. The van der Waals surface area contributed by atoms with Crippen LogP contribution < -0.4 is 0 Å². The summed E-state index contributed by atoms with van der Waals surface area (Å²) in [5.74, 6) is -0.0394. The summed E-state index contributed by atoms with van der Waals surface area (Å²) in [6.45, 7) is 14.5. The highest BCUT2D eigenvalue weighted by Crippen LogP contribution is 2.82. The Bertz CT molecular complexity index is 194. The van der Waals surface area contributed by atoms with Crippen molar-refractivity contribution in [1.29, 1.82) is 0 Å². The van der Waals surface area contributed by atoms with Crippen LogP contribution in [0.15, 0.2) is 0 Å². The van der Waals surface area contributed by atoms with Gasteiger partial charge in [-0.2, -0.15) is 0 Å². The largest absolute Gasteiger partial charge is 0.139 e. The minimum absolute atomic E-state index is 0.510. The van der Waals surface area contributed by atoms with Crippen LogP contribution in [-0.4, -0.2) is 18.0 Å². The van der Waals surface area contributed by atoms with Crippen molar-refractivity contribution in [3.05, 3.63) is 0 Å². The summed E-state index contributed by atoms with van der Waals surface area (Å²) in [5, 5.41) is 0.510. The molecule has 0 bridgehead atoms. The molecular formula is C10H21BrP+. The summed E-state index contributed by atoms with van der Waals surface area (Å²) in [6, 6.07) is 0. The van der Waals surface area contributed by atoms with Crippen molar-refractivity contribution >= 4 is 21.5 Å². The van der Waals surface area contributed by atoms with Crippen molar-refractivity contribution in [2.45, 2.75) is 39.8 Å². The van der Waals surface area contributed by atoms with Gasteiger partial charge < -0.3 is 0 Å². The molecule has 1 heterocycles. The van der Waals surface area contributed by atoms with E-state index in [-0.39, 0.29) is 0 Å². The van der Waals surface area contributed by atoms with Gasteiger partial charge in [0.1, 0.15) is 15.5 Å². The smallest absolute Gasteiger partial charge is 0.0578 e. The van der Waals surface area contributed by atoms with Gasteiger partial charge in [0.2, 0.25) is 0 Å². The molecule has 0 spiro atoms. The molecule has 1 saturated heterocycles. The number of rotatable bonds is 0. The van der Waals surface area contributed by atoms with Gasteiger partial charge >= 0.3 is 0 Å². The fraction of sp³-hybridized carbons (Fsp3) is 1.00. The van der Waals surface area contributed by atoms with Gasteiger partial charge in [-0.05, 0) is 13.8 Å². The molecular weight excluding hydrogens is 231 g/mol. The van der Waals surface area contributed by atoms with Gasteiger partial charge in [0.25, 0.3) is 0 Å². The Labute approximate surface area is 85.6 Å². The molecule has 2 atom stereocenters. The van der Waals surface area contributed by atoms with E-state index in [4.69, 9.17) is 0 Å². The molecule has 0 amide bonds. The predicted molar refractivity (Wildman–Crippen MR) is 63.7 cm³/mol. The molecule has 0 saturated carbocycles. The van der Waals surface area contributed by atoms with E-state index in [1.165, 1.54) is 6.16 Å². The van der Waals surface area contributed by atoms with Crippen molar-refractivity contribution in [1.82, 2.24) is 0 Å². The first kappa shape index (κ1) is 11.0. The van der Waals surface area contributed by atoms with Crippen LogP contribution >= 0.6 is 21.5 Å². The average Bonchev–Trinajstić information content (AvgIpc) is 1.90. The predicted octanol–water partition coefficient (Wildman–Crippen LogP) is 4.40. The third-order valence-corrected chi connectivity index (χ3v) is 11.8. The Hall–Kier alpha value is 0.910. The molecule has 1 aliphatic heterocycles. The van der Waals surface area contributed by atoms with Gasteiger partial charge in [0.05, 0.1) is 23.9 Å². The molecule has 2 unspecified atom stereocenters. The van der Waals surface area contributed by atoms with Crippen molar-refractivity contribution in [2.24, 2.45) is 11.3 Å². The Morgan fingerprint density at radius 1 is 1.25 bits per heavy atom. The highest BCUT2D eigenvalue weighted by Gasteiger charge is 2.63. The Kier molecular flexibility index (Phi) is 2.47. The van der Waals surface area contributed by atoms with Crippen molar-refractivity contribution < 1.29 is 0 Å². The van der Waals surface area contributed by atoms with Crippen LogP contribution in [0.1, 0.15) is 34.6 Å². The number of hydrogen-bond donors (Lipinski definition) is 0. The molecule has 2 heteroatoms. The zero-order chi connectivity index (χ0) is 9.78. The lowest BCUT2D eigenvalue weighted by atomic mass is 9.76. The molecule has 1 fully saturated rings. The van der Waals surface area contributed by atoms with E-state index in [9.17, 15) is 0 Å². The molecule has 0 aromatic rings. The van der Waals surface area contributed by atoms with Crippen LogP contribution in [0, 0.1) is 11.3 Å². The molecule has 0 aromatic carbocycles. The summed E-state index contributed by atoms with van der Waals surface area (Å²) in [7, 11) is 0. The second-order valence-electron chi connectivity index (χ2n) is 5.59.